The van der Waals surface area contributed by atoms with E-state index in [4.69, 9.17) is 4.74 Å². The number of aryl methyl sites for hydroxylation is 2. The first-order chi connectivity index (χ1) is 9.53. The molecule has 1 N–H and O–H groups in total. The van der Waals surface area contributed by atoms with Crippen molar-refractivity contribution in [2.24, 2.45) is 0 Å². The number of rotatable bonds is 8. The molecule has 0 aromatic heterocycles. The number of benzene rings is 1. The van der Waals surface area contributed by atoms with Crippen LogP contribution in [0.5, 0.6) is 0 Å². The second kappa shape index (κ2) is 8.40. The van der Waals surface area contributed by atoms with Crippen molar-refractivity contribution in [3.63, 3.8) is 0 Å². The third-order valence-electron chi connectivity index (χ3n) is 4.00. The average molecular weight is 278 g/mol. The van der Waals surface area contributed by atoms with Crippen molar-refractivity contribution >= 4 is 0 Å². The molecule has 0 fully saturated rings. The van der Waals surface area contributed by atoms with Crippen LogP contribution >= 0.6 is 0 Å². The maximum absolute atomic E-state index is 5.28. The van der Waals surface area contributed by atoms with Crippen molar-refractivity contribution in [2.45, 2.75) is 39.8 Å². The fourth-order valence-corrected chi connectivity index (χ4v) is 2.76. The van der Waals surface area contributed by atoms with E-state index < -0.39 is 0 Å². The van der Waals surface area contributed by atoms with Gasteiger partial charge in [-0.1, -0.05) is 30.7 Å². The molecule has 2 atom stereocenters. The molecule has 0 radical (unpaired) electrons. The van der Waals surface area contributed by atoms with E-state index in [9.17, 15) is 0 Å². The van der Waals surface area contributed by atoms with E-state index in [1.54, 1.807) is 7.11 Å². The van der Waals surface area contributed by atoms with Crippen LogP contribution in [-0.4, -0.2) is 44.8 Å². The van der Waals surface area contributed by atoms with Crippen molar-refractivity contribution in [1.29, 1.82) is 0 Å². The molecule has 0 saturated carbocycles. The number of likely N-dealkylation sites (N-methyl/N-ethyl adjacent to an activating group) is 2. The predicted molar refractivity (Wildman–Crippen MR) is 86.3 cm³/mol. The lowest BCUT2D eigenvalue weighted by Gasteiger charge is -2.32. The SMILES string of the molecule is CCN(CC(NC)c1ccc(C)cc1C)C(C)COC. The van der Waals surface area contributed by atoms with Crippen LogP contribution in [0.3, 0.4) is 0 Å². The number of ether oxygens (including phenoxy) is 1. The van der Waals surface area contributed by atoms with Gasteiger partial charge in [-0.3, -0.25) is 4.90 Å². The number of nitrogens with one attached hydrogen (secondary N) is 1. The Bertz CT molecular complexity index is 406. The zero-order chi connectivity index (χ0) is 15.1. The van der Waals surface area contributed by atoms with Gasteiger partial charge in [0, 0.05) is 25.7 Å². The van der Waals surface area contributed by atoms with Crippen LogP contribution in [-0.2, 0) is 4.74 Å². The lowest BCUT2D eigenvalue weighted by atomic mass is 9.98. The maximum atomic E-state index is 5.28. The number of hydrogen-bond donors (Lipinski definition) is 1. The summed E-state index contributed by atoms with van der Waals surface area (Å²) in [5.74, 6) is 0. The van der Waals surface area contributed by atoms with Gasteiger partial charge in [0.2, 0.25) is 0 Å². The monoisotopic (exact) mass is 278 g/mol. The smallest absolute Gasteiger partial charge is 0.0615 e. The van der Waals surface area contributed by atoms with E-state index in [2.05, 4.69) is 56.1 Å². The Labute approximate surface area is 124 Å². The zero-order valence-electron chi connectivity index (χ0n) is 13.9. The van der Waals surface area contributed by atoms with Gasteiger partial charge in [0.25, 0.3) is 0 Å². The largest absolute Gasteiger partial charge is 0.383 e. The number of hydrogen-bond acceptors (Lipinski definition) is 3. The van der Waals surface area contributed by atoms with Crippen LogP contribution in [0.4, 0.5) is 0 Å². The van der Waals surface area contributed by atoms with Gasteiger partial charge in [0.1, 0.15) is 0 Å². The molecule has 1 rings (SSSR count). The predicted octanol–water partition coefficient (Wildman–Crippen LogP) is 2.92. The quantitative estimate of drug-likeness (QED) is 0.791. The van der Waals surface area contributed by atoms with Crippen molar-refractivity contribution in [3.05, 3.63) is 34.9 Å². The van der Waals surface area contributed by atoms with Crippen LogP contribution < -0.4 is 5.32 Å². The van der Waals surface area contributed by atoms with Gasteiger partial charge >= 0.3 is 0 Å². The van der Waals surface area contributed by atoms with Gasteiger partial charge in [-0.15, -0.1) is 0 Å². The summed E-state index contributed by atoms with van der Waals surface area (Å²) in [5.41, 5.74) is 4.07. The molecule has 0 spiro atoms. The summed E-state index contributed by atoms with van der Waals surface area (Å²) in [6.45, 7) is 11.6. The first-order valence-corrected chi connectivity index (χ1v) is 7.50. The minimum atomic E-state index is 0.356. The minimum Gasteiger partial charge on any atom is -0.383 e. The lowest BCUT2D eigenvalue weighted by Crippen LogP contribution is -2.41. The highest BCUT2D eigenvalue weighted by Crippen LogP contribution is 2.20. The van der Waals surface area contributed by atoms with Crippen LogP contribution in [0.25, 0.3) is 0 Å². The minimum absolute atomic E-state index is 0.356. The first-order valence-electron chi connectivity index (χ1n) is 7.50. The molecule has 20 heavy (non-hydrogen) atoms. The van der Waals surface area contributed by atoms with Gasteiger partial charge in [0.05, 0.1) is 6.61 Å². The molecule has 0 aliphatic rings. The van der Waals surface area contributed by atoms with E-state index in [0.29, 0.717) is 12.1 Å². The molecule has 0 amide bonds. The summed E-state index contributed by atoms with van der Waals surface area (Å²) in [6, 6.07) is 7.50. The van der Waals surface area contributed by atoms with Gasteiger partial charge in [-0.25, -0.2) is 0 Å². The third kappa shape index (κ3) is 4.58. The lowest BCUT2D eigenvalue weighted by molar-refractivity contribution is 0.0962. The van der Waals surface area contributed by atoms with Crippen molar-refractivity contribution in [3.8, 4) is 0 Å². The Kier molecular flexibility index (Phi) is 7.20. The number of nitrogens with zero attached hydrogens (tertiary/aromatic N) is 1. The van der Waals surface area contributed by atoms with Crippen LogP contribution in [0.15, 0.2) is 18.2 Å². The second-order valence-corrected chi connectivity index (χ2v) is 5.59. The van der Waals surface area contributed by atoms with Crippen LogP contribution in [0.2, 0.25) is 0 Å². The summed E-state index contributed by atoms with van der Waals surface area (Å²) in [4.78, 5) is 2.46. The van der Waals surface area contributed by atoms with E-state index in [0.717, 1.165) is 19.7 Å². The molecular formula is C17H30N2O. The van der Waals surface area contributed by atoms with E-state index >= 15 is 0 Å². The van der Waals surface area contributed by atoms with Crippen molar-refractivity contribution in [2.75, 3.05) is 33.9 Å². The van der Waals surface area contributed by atoms with Crippen LogP contribution in [0.1, 0.15) is 36.6 Å². The molecular weight excluding hydrogens is 248 g/mol. The van der Waals surface area contributed by atoms with E-state index in [1.165, 1.54) is 16.7 Å². The van der Waals surface area contributed by atoms with Crippen molar-refractivity contribution in [1.82, 2.24) is 10.2 Å². The molecule has 0 aliphatic heterocycles. The Balaban J connectivity index is 2.84. The summed E-state index contributed by atoms with van der Waals surface area (Å²) >= 11 is 0. The molecule has 0 aliphatic carbocycles. The summed E-state index contributed by atoms with van der Waals surface area (Å²) in [5, 5.41) is 3.46. The molecule has 114 valence electrons. The Morgan fingerprint density at radius 2 is 2.00 bits per heavy atom. The summed E-state index contributed by atoms with van der Waals surface area (Å²) < 4.78 is 5.28. The Morgan fingerprint density at radius 1 is 1.30 bits per heavy atom. The molecule has 2 unspecified atom stereocenters. The maximum Gasteiger partial charge on any atom is 0.0615 e. The van der Waals surface area contributed by atoms with Crippen molar-refractivity contribution < 1.29 is 4.74 Å². The molecule has 1 aromatic rings. The molecule has 3 heteroatoms. The molecule has 3 nitrogen and oxygen atoms in total. The Hall–Kier alpha value is -0.900. The molecule has 0 heterocycles. The van der Waals surface area contributed by atoms with Crippen LogP contribution in [0, 0.1) is 13.8 Å². The zero-order valence-corrected chi connectivity index (χ0v) is 13.9. The fraction of sp³-hybridized carbons (Fsp3) is 0.647. The average Bonchev–Trinajstić information content (AvgIpc) is 2.41. The topological polar surface area (TPSA) is 24.5 Å². The third-order valence-corrected chi connectivity index (χ3v) is 4.00. The van der Waals surface area contributed by atoms with E-state index in [-0.39, 0.29) is 0 Å². The highest BCUT2D eigenvalue weighted by atomic mass is 16.5. The van der Waals surface area contributed by atoms with Gasteiger partial charge in [0.15, 0.2) is 0 Å². The fourth-order valence-electron chi connectivity index (χ4n) is 2.76. The molecule has 0 saturated heterocycles. The van der Waals surface area contributed by atoms with Gasteiger partial charge < -0.3 is 10.1 Å². The standard InChI is InChI=1S/C17H30N2O/c1-7-19(15(4)12-20-6)11-17(18-5)16-9-8-13(2)10-14(16)3/h8-10,15,17-18H,7,11-12H2,1-6H3. The van der Waals surface area contributed by atoms with E-state index in [1.807, 2.05) is 7.05 Å². The van der Waals surface area contributed by atoms with Gasteiger partial charge in [-0.05, 0) is 45.5 Å². The normalized spacial score (nSPS) is 14.6. The highest BCUT2D eigenvalue weighted by Gasteiger charge is 2.19. The number of methoxy groups -OCH3 is 1. The summed E-state index contributed by atoms with van der Waals surface area (Å²) in [6.07, 6.45) is 0. The molecule has 0 bridgehead atoms. The Morgan fingerprint density at radius 3 is 2.50 bits per heavy atom. The molecule has 1 aromatic carbocycles. The highest BCUT2D eigenvalue weighted by molar-refractivity contribution is 5.33. The second-order valence-electron chi connectivity index (χ2n) is 5.59. The first kappa shape index (κ1) is 17.2. The summed E-state index contributed by atoms with van der Waals surface area (Å²) in [7, 11) is 3.81. The van der Waals surface area contributed by atoms with Gasteiger partial charge in [-0.2, -0.15) is 0 Å².